The number of hydrogen-bond donors (Lipinski definition) is 0. The van der Waals surface area contributed by atoms with E-state index in [-0.39, 0.29) is 5.78 Å². The van der Waals surface area contributed by atoms with Crippen LogP contribution in [0.3, 0.4) is 0 Å². The van der Waals surface area contributed by atoms with E-state index >= 15 is 0 Å². The van der Waals surface area contributed by atoms with Crippen LogP contribution in [0.1, 0.15) is 23.0 Å². The molecule has 1 heterocycles. The third-order valence-electron chi connectivity index (χ3n) is 2.40. The summed E-state index contributed by atoms with van der Waals surface area (Å²) in [6, 6.07) is 5.89. The SMILES string of the molecule is CC(=O)c1c2cccc(C)c2nn1C. The number of hydrogen-bond acceptors (Lipinski definition) is 2. The molecular weight excluding hydrogens is 176 g/mol. The monoisotopic (exact) mass is 188 g/mol. The van der Waals surface area contributed by atoms with Crippen LogP contribution in [0.5, 0.6) is 0 Å². The number of fused-ring (bicyclic) bond motifs is 1. The highest BCUT2D eigenvalue weighted by Crippen LogP contribution is 2.20. The molecule has 0 saturated heterocycles. The van der Waals surface area contributed by atoms with Crippen LogP contribution in [-0.4, -0.2) is 15.6 Å². The first-order valence-electron chi connectivity index (χ1n) is 4.54. The Kier molecular flexibility index (Phi) is 1.88. The standard InChI is InChI=1S/C11H12N2O/c1-7-5-4-6-9-10(7)12-13(3)11(9)8(2)14/h4-6H,1-3H3. The maximum Gasteiger partial charge on any atom is 0.178 e. The molecule has 0 bridgehead atoms. The van der Waals surface area contributed by atoms with Crippen molar-refractivity contribution in [1.29, 1.82) is 0 Å². The molecular formula is C11H12N2O. The Labute approximate surface area is 82.3 Å². The molecule has 14 heavy (non-hydrogen) atoms. The lowest BCUT2D eigenvalue weighted by Crippen LogP contribution is -2.02. The number of ketones is 1. The number of rotatable bonds is 1. The van der Waals surface area contributed by atoms with Gasteiger partial charge in [0, 0.05) is 19.4 Å². The number of aromatic nitrogens is 2. The highest BCUT2D eigenvalue weighted by Gasteiger charge is 2.13. The van der Waals surface area contributed by atoms with E-state index in [1.54, 1.807) is 18.7 Å². The molecule has 0 fully saturated rings. The van der Waals surface area contributed by atoms with Crippen molar-refractivity contribution in [3.63, 3.8) is 0 Å². The van der Waals surface area contributed by atoms with Crippen molar-refractivity contribution in [1.82, 2.24) is 9.78 Å². The van der Waals surface area contributed by atoms with Gasteiger partial charge in [0.05, 0.1) is 5.52 Å². The first-order chi connectivity index (χ1) is 6.61. The number of benzene rings is 1. The fraction of sp³-hybridized carbons (Fsp3) is 0.273. The summed E-state index contributed by atoms with van der Waals surface area (Å²) in [7, 11) is 1.80. The number of nitrogens with zero attached hydrogens (tertiary/aromatic N) is 2. The zero-order valence-electron chi connectivity index (χ0n) is 8.53. The Morgan fingerprint density at radius 3 is 2.79 bits per heavy atom. The van der Waals surface area contributed by atoms with Crippen LogP contribution < -0.4 is 0 Å². The third-order valence-corrected chi connectivity index (χ3v) is 2.40. The average molecular weight is 188 g/mol. The number of aryl methyl sites for hydroxylation is 2. The van der Waals surface area contributed by atoms with Crippen LogP contribution in [-0.2, 0) is 7.05 Å². The summed E-state index contributed by atoms with van der Waals surface area (Å²) in [5, 5.41) is 5.27. The van der Waals surface area contributed by atoms with Crippen molar-refractivity contribution in [2.24, 2.45) is 7.05 Å². The molecule has 0 aliphatic heterocycles. The maximum atomic E-state index is 11.4. The maximum absolute atomic E-state index is 11.4. The minimum atomic E-state index is 0.0561. The second-order valence-electron chi connectivity index (χ2n) is 3.50. The van der Waals surface area contributed by atoms with Gasteiger partial charge in [-0.05, 0) is 12.5 Å². The Morgan fingerprint density at radius 1 is 1.43 bits per heavy atom. The molecule has 0 N–H and O–H groups in total. The fourth-order valence-corrected chi connectivity index (χ4v) is 1.77. The van der Waals surface area contributed by atoms with Gasteiger partial charge in [0.2, 0.25) is 0 Å². The van der Waals surface area contributed by atoms with Gasteiger partial charge in [-0.15, -0.1) is 0 Å². The fourth-order valence-electron chi connectivity index (χ4n) is 1.77. The van der Waals surface area contributed by atoms with Crippen LogP contribution in [0.2, 0.25) is 0 Å². The molecule has 0 spiro atoms. The Morgan fingerprint density at radius 2 is 2.14 bits per heavy atom. The lowest BCUT2D eigenvalue weighted by molar-refractivity contribution is 0.101. The zero-order chi connectivity index (χ0) is 10.3. The van der Waals surface area contributed by atoms with Gasteiger partial charge in [0.25, 0.3) is 0 Å². The third kappa shape index (κ3) is 1.13. The minimum absolute atomic E-state index is 0.0561. The summed E-state index contributed by atoms with van der Waals surface area (Å²) in [5.41, 5.74) is 2.70. The number of Topliss-reactive ketones (excluding diaryl/α,β-unsaturated/α-hetero) is 1. The lowest BCUT2D eigenvalue weighted by Gasteiger charge is -1.95. The zero-order valence-corrected chi connectivity index (χ0v) is 8.53. The summed E-state index contributed by atoms with van der Waals surface area (Å²) in [5.74, 6) is 0.0561. The first kappa shape index (κ1) is 8.94. The Bertz CT molecular complexity index is 511. The highest BCUT2D eigenvalue weighted by atomic mass is 16.1. The van der Waals surface area contributed by atoms with Crippen molar-refractivity contribution >= 4 is 16.7 Å². The molecule has 72 valence electrons. The van der Waals surface area contributed by atoms with Gasteiger partial charge in [-0.2, -0.15) is 5.10 Å². The molecule has 0 amide bonds. The van der Waals surface area contributed by atoms with Crippen molar-refractivity contribution < 1.29 is 4.79 Å². The molecule has 3 nitrogen and oxygen atoms in total. The molecule has 3 heteroatoms. The van der Waals surface area contributed by atoms with Gasteiger partial charge in [-0.25, -0.2) is 0 Å². The molecule has 0 radical (unpaired) electrons. The first-order valence-corrected chi connectivity index (χ1v) is 4.54. The van der Waals surface area contributed by atoms with E-state index in [9.17, 15) is 4.79 Å². The van der Waals surface area contributed by atoms with Gasteiger partial charge in [-0.3, -0.25) is 9.48 Å². The normalized spacial score (nSPS) is 10.8. The van der Waals surface area contributed by atoms with Gasteiger partial charge in [-0.1, -0.05) is 18.2 Å². The quantitative estimate of drug-likeness (QED) is 0.642. The minimum Gasteiger partial charge on any atom is -0.293 e. The highest BCUT2D eigenvalue weighted by molar-refractivity contribution is 6.05. The Balaban J connectivity index is 2.90. The molecule has 0 unspecified atom stereocenters. The van der Waals surface area contributed by atoms with Crippen LogP contribution in [0.15, 0.2) is 18.2 Å². The molecule has 0 aliphatic rings. The van der Waals surface area contributed by atoms with Crippen LogP contribution in [0, 0.1) is 6.92 Å². The molecule has 0 atom stereocenters. The second-order valence-corrected chi connectivity index (χ2v) is 3.50. The van der Waals surface area contributed by atoms with Gasteiger partial charge < -0.3 is 0 Å². The topological polar surface area (TPSA) is 34.9 Å². The van der Waals surface area contributed by atoms with Crippen LogP contribution in [0.25, 0.3) is 10.9 Å². The van der Waals surface area contributed by atoms with E-state index in [2.05, 4.69) is 5.10 Å². The smallest absolute Gasteiger partial charge is 0.178 e. The summed E-state index contributed by atoms with van der Waals surface area (Å²) >= 11 is 0. The second kappa shape index (κ2) is 2.94. The van der Waals surface area contributed by atoms with E-state index in [4.69, 9.17) is 0 Å². The predicted octanol–water partition coefficient (Wildman–Crippen LogP) is 2.08. The summed E-state index contributed by atoms with van der Waals surface area (Å²) in [6.07, 6.45) is 0. The van der Waals surface area contributed by atoms with Gasteiger partial charge in [0.15, 0.2) is 5.78 Å². The lowest BCUT2D eigenvalue weighted by atomic mass is 10.1. The summed E-state index contributed by atoms with van der Waals surface area (Å²) in [4.78, 5) is 11.4. The van der Waals surface area contributed by atoms with E-state index in [1.807, 2.05) is 25.1 Å². The van der Waals surface area contributed by atoms with Crippen molar-refractivity contribution in [3.05, 3.63) is 29.5 Å². The molecule has 1 aromatic carbocycles. The van der Waals surface area contributed by atoms with Gasteiger partial charge in [0.1, 0.15) is 5.69 Å². The summed E-state index contributed by atoms with van der Waals surface area (Å²) in [6.45, 7) is 3.57. The predicted molar refractivity (Wildman–Crippen MR) is 55.5 cm³/mol. The largest absolute Gasteiger partial charge is 0.293 e. The van der Waals surface area contributed by atoms with E-state index in [0.717, 1.165) is 16.5 Å². The Hall–Kier alpha value is -1.64. The number of carbonyl (C=O) groups is 1. The van der Waals surface area contributed by atoms with Crippen LogP contribution >= 0.6 is 0 Å². The average Bonchev–Trinajstić information content (AvgIpc) is 2.42. The van der Waals surface area contributed by atoms with E-state index < -0.39 is 0 Å². The van der Waals surface area contributed by atoms with E-state index in [0.29, 0.717) is 5.69 Å². The summed E-state index contributed by atoms with van der Waals surface area (Å²) < 4.78 is 1.65. The van der Waals surface area contributed by atoms with Gasteiger partial charge >= 0.3 is 0 Å². The molecule has 0 saturated carbocycles. The van der Waals surface area contributed by atoms with Crippen molar-refractivity contribution in [2.75, 3.05) is 0 Å². The molecule has 2 aromatic rings. The molecule has 1 aromatic heterocycles. The molecule has 0 aliphatic carbocycles. The van der Waals surface area contributed by atoms with Crippen molar-refractivity contribution in [2.45, 2.75) is 13.8 Å². The number of carbonyl (C=O) groups excluding carboxylic acids is 1. The van der Waals surface area contributed by atoms with Crippen molar-refractivity contribution in [3.8, 4) is 0 Å². The van der Waals surface area contributed by atoms with Crippen LogP contribution in [0.4, 0.5) is 0 Å². The molecule has 2 rings (SSSR count). The van der Waals surface area contributed by atoms with E-state index in [1.165, 1.54) is 0 Å².